The van der Waals surface area contributed by atoms with Crippen LogP contribution >= 0.6 is 23.4 Å². The molecule has 1 heterocycles. The maximum Gasteiger partial charge on any atom is 0.235 e. The molecule has 4 nitrogen and oxygen atoms in total. The monoisotopic (exact) mass is 217 g/mol. The zero-order chi connectivity index (χ0) is 9.68. The van der Waals surface area contributed by atoms with Gasteiger partial charge in [0.15, 0.2) is 0 Å². The van der Waals surface area contributed by atoms with Gasteiger partial charge in [0, 0.05) is 6.07 Å². The van der Waals surface area contributed by atoms with E-state index in [4.69, 9.17) is 11.6 Å². The predicted molar refractivity (Wildman–Crippen MR) is 54.1 cm³/mol. The number of aromatic nitrogens is 2. The second kappa shape index (κ2) is 5.04. The van der Waals surface area contributed by atoms with Crippen molar-refractivity contribution in [2.45, 2.75) is 0 Å². The number of amides is 1. The van der Waals surface area contributed by atoms with Crippen LogP contribution in [0.3, 0.4) is 0 Å². The summed E-state index contributed by atoms with van der Waals surface area (Å²) in [5.41, 5.74) is 0. The zero-order valence-electron chi connectivity index (χ0n) is 6.95. The summed E-state index contributed by atoms with van der Waals surface area (Å²) in [5, 5.41) is 2.90. The van der Waals surface area contributed by atoms with Crippen LogP contribution in [0.15, 0.2) is 12.4 Å². The minimum atomic E-state index is -0.0951. The molecule has 1 amide bonds. The van der Waals surface area contributed by atoms with Crippen LogP contribution in [0.25, 0.3) is 0 Å². The van der Waals surface area contributed by atoms with Crippen molar-refractivity contribution in [1.29, 1.82) is 0 Å². The first-order chi connectivity index (χ1) is 6.22. The summed E-state index contributed by atoms with van der Waals surface area (Å²) in [6.45, 7) is 0. The summed E-state index contributed by atoms with van der Waals surface area (Å²) in [6, 6.07) is 1.50. The van der Waals surface area contributed by atoms with Crippen LogP contribution in [0.2, 0.25) is 5.15 Å². The van der Waals surface area contributed by atoms with E-state index in [9.17, 15) is 4.79 Å². The number of nitrogens with one attached hydrogen (secondary N) is 1. The van der Waals surface area contributed by atoms with Gasteiger partial charge in [-0.05, 0) is 6.26 Å². The van der Waals surface area contributed by atoms with Crippen LogP contribution in [0.4, 0.5) is 5.82 Å². The second-order valence-corrected chi connectivity index (χ2v) is 3.46. The quantitative estimate of drug-likeness (QED) is 0.779. The summed E-state index contributed by atoms with van der Waals surface area (Å²) >= 11 is 7.04. The Morgan fingerprint density at radius 1 is 1.69 bits per heavy atom. The molecule has 0 unspecified atom stereocenters. The molecule has 0 atom stereocenters. The number of halogens is 1. The number of thioether (sulfide) groups is 1. The number of carbonyl (C=O) groups is 1. The maximum atomic E-state index is 11.1. The Hall–Kier alpha value is -0.810. The van der Waals surface area contributed by atoms with Gasteiger partial charge in [-0.2, -0.15) is 11.8 Å². The highest BCUT2D eigenvalue weighted by molar-refractivity contribution is 7.99. The van der Waals surface area contributed by atoms with E-state index in [1.54, 1.807) is 0 Å². The summed E-state index contributed by atoms with van der Waals surface area (Å²) < 4.78 is 0. The lowest BCUT2D eigenvalue weighted by molar-refractivity contribution is -0.113. The molecule has 0 aromatic carbocycles. The lowest BCUT2D eigenvalue weighted by Gasteiger charge is -2.01. The van der Waals surface area contributed by atoms with Gasteiger partial charge in [-0.15, -0.1) is 0 Å². The maximum absolute atomic E-state index is 11.1. The number of hydrogen-bond donors (Lipinski definition) is 1. The topological polar surface area (TPSA) is 54.9 Å². The van der Waals surface area contributed by atoms with E-state index in [1.807, 2.05) is 6.26 Å². The molecule has 1 aromatic heterocycles. The fourth-order valence-electron chi connectivity index (χ4n) is 0.712. The van der Waals surface area contributed by atoms with Crippen molar-refractivity contribution in [2.75, 3.05) is 17.3 Å². The number of carbonyl (C=O) groups excluding carboxylic acids is 1. The van der Waals surface area contributed by atoms with Crippen molar-refractivity contribution >= 4 is 35.1 Å². The fraction of sp³-hybridized carbons (Fsp3) is 0.286. The van der Waals surface area contributed by atoms with Crippen molar-refractivity contribution < 1.29 is 4.79 Å². The molecule has 0 spiro atoms. The molecule has 0 fully saturated rings. The molecule has 13 heavy (non-hydrogen) atoms. The molecular weight excluding hydrogens is 210 g/mol. The van der Waals surface area contributed by atoms with Crippen molar-refractivity contribution in [2.24, 2.45) is 0 Å². The van der Waals surface area contributed by atoms with E-state index < -0.39 is 0 Å². The average Bonchev–Trinajstić information content (AvgIpc) is 2.04. The van der Waals surface area contributed by atoms with E-state index in [0.29, 0.717) is 16.7 Å². The molecule has 6 heteroatoms. The number of anilines is 1. The third kappa shape index (κ3) is 3.61. The Morgan fingerprint density at radius 2 is 2.46 bits per heavy atom. The van der Waals surface area contributed by atoms with Crippen molar-refractivity contribution in [1.82, 2.24) is 9.97 Å². The Morgan fingerprint density at radius 3 is 3.08 bits per heavy atom. The number of rotatable bonds is 3. The van der Waals surface area contributed by atoms with Crippen LogP contribution in [0.5, 0.6) is 0 Å². The first-order valence-electron chi connectivity index (χ1n) is 3.48. The molecular formula is C7H8ClN3OS. The number of hydrogen-bond acceptors (Lipinski definition) is 4. The fourth-order valence-corrected chi connectivity index (χ4v) is 1.19. The van der Waals surface area contributed by atoms with E-state index in [1.165, 1.54) is 24.2 Å². The van der Waals surface area contributed by atoms with Gasteiger partial charge in [-0.3, -0.25) is 4.79 Å². The normalized spacial score (nSPS) is 9.69. The first kappa shape index (κ1) is 10.3. The molecule has 1 rings (SSSR count). The summed E-state index contributed by atoms with van der Waals surface area (Å²) in [5.74, 6) is 0.739. The van der Waals surface area contributed by atoms with Gasteiger partial charge >= 0.3 is 0 Å². The van der Waals surface area contributed by atoms with Crippen molar-refractivity contribution in [3.63, 3.8) is 0 Å². The highest BCUT2D eigenvalue weighted by Crippen LogP contribution is 2.08. The van der Waals surface area contributed by atoms with E-state index >= 15 is 0 Å². The molecule has 0 radical (unpaired) electrons. The Balaban J connectivity index is 2.58. The Labute approximate surface area is 85.1 Å². The summed E-state index contributed by atoms with van der Waals surface area (Å²) in [7, 11) is 0. The van der Waals surface area contributed by atoms with Crippen LogP contribution in [-0.2, 0) is 4.79 Å². The minimum Gasteiger partial charge on any atom is -0.310 e. The predicted octanol–water partition coefficient (Wildman–Crippen LogP) is 1.43. The molecule has 0 aliphatic heterocycles. The lowest BCUT2D eigenvalue weighted by Crippen LogP contribution is -2.14. The highest BCUT2D eigenvalue weighted by Gasteiger charge is 2.02. The molecule has 0 saturated carbocycles. The lowest BCUT2D eigenvalue weighted by atomic mass is 10.5. The second-order valence-electron chi connectivity index (χ2n) is 2.21. The molecule has 0 bridgehead atoms. The van der Waals surface area contributed by atoms with E-state index in [2.05, 4.69) is 15.3 Å². The van der Waals surface area contributed by atoms with Gasteiger partial charge in [0.2, 0.25) is 5.91 Å². The molecule has 70 valence electrons. The van der Waals surface area contributed by atoms with Gasteiger partial charge < -0.3 is 5.32 Å². The molecule has 1 N–H and O–H groups in total. The van der Waals surface area contributed by atoms with Crippen molar-refractivity contribution in [3.05, 3.63) is 17.5 Å². The Bertz CT molecular complexity index is 308. The van der Waals surface area contributed by atoms with Crippen LogP contribution in [-0.4, -0.2) is 27.9 Å². The van der Waals surface area contributed by atoms with E-state index in [-0.39, 0.29) is 5.91 Å². The molecule has 1 aromatic rings. The highest BCUT2D eigenvalue weighted by atomic mass is 35.5. The van der Waals surface area contributed by atoms with Gasteiger partial charge in [0.05, 0.1) is 5.75 Å². The van der Waals surface area contributed by atoms with Crippen LogP contribution in [0, 0.1) is 0 Å². The SMILES string of the molecule is CSCC(=O)Nc1cc(Cl)ncn1. The van der Waals surface area contributed by atoms with Crippen LogP contribution in [0.1, 0.15) is 0 Å². The average molecular weight is 218 g/mol. The van der Waals surface area contributed by atoms with Gasteiger partial charge in [0.25, 0.3) is 0 Å². The van der Waals surface area contributed by atoms with Gasteiger partial charge in [-0.25, -0.2) is 9.97 Å². The van der Waals surface area contributed by atoms with Crippen LogP contribution < -0.4 is 5.32 Å². The zero-order valence-corrected chi connectivity index (χ0v) is 8.52. The standard InChI is InChI=1S/C7H8ClN3OS/c1-13-3-7(12)11-6-2-5(8)9-4-10-6/h2,4H,3H2,1H3,(H,9,10,11,12). The summed E-state index contributed by atoms with van der Waals surface area (Å²) in [6.07, 6.45) is 3.16. The number of nitrogens with zero attached hydrogens (tertiary/aromatic N) is 2. The largest absolute Gasteiger partial charge is 0.310 e. The molecule has 0 aliphatic rings. The Kier molecular flexibility index (Phi) is 3.98. The molecule has 0 aliphatic carbocycles. The van der Waals surface area contributed by atoms with E-state index in [0.717, 1.165) is 0 Å². The third-order valence-electron chi connectivity index (χ3n) is 1.18. The third-order valence-corrected chi connectivity index (χ3v) is 1.93. The first-order valence-corrected chi connectivity index (χ1v) is 5.26. The smallest absolute Gasteiger partial charge is 0.235 e. The van der Waals surface area contributed by atoms with Gasteiger partial charge in [0.1, 0.15) is 17.3 Å². The summed E-state index contributed by atoms with van der Waals surface area (Å²) in [4.78, 5) is 18.6. The molecule has 0 saturated heterocycles. The minimum absolute atomic E-state index is 0.0951. The van der Waals surface area contributed by atoms with Crippen molar-refractivity contribution in [3.8, 4) is 0 Å². The van der Waals surface area contributed by atoms with Gasteiger partial charge in [-0.1, -0.05) is 11.6 Å².